The van der Waals surface area contributed by atoms with Crippen molar-refractivity contribution in [2.75, 3.05) is 13.2 Å². The van der Waals surface area contributed by atoms with Gasteiger partial charge in [-0.3, -0.25) is 4.79 Å². The number of esters is 2. The molecule has 0 aliphatic rings. The smallest absolute Gasteiger partial charge is 0.338 e. The monoisotopic (exact) mass is 274 g/mol. The third-order valence-corrected chi connectivity index (χ3v) is 2.58. The van der Waals surface area contributed by atoms with Crippen LogP contribution in [0.3, 0.4) is 0 Å². The molecule has 0 spiro atoms. The Morgan fingerprint density at radius 2 is 1.85 bits per heavy atom. The molecule has 0 saturated heterocycles. The molecule has 0 aromatic heterocycles. The molecular formula is C16H18O4. The van der Waals surface area contributed by atoms with Crippen LogP contribution in [0.4, 0.5) is 0 Å². The third kappa shape index (κ3) is 4.72. The van der Waals surface area contributed by atoms with Gasteiger partial charge in [0.2, 0.25) is 0 Å². The van der Waals surface area contributed by atoms with Crippen LogP contribution in [0.5, 0.6) is 0 Å². The minimum Gasteiger partial charge on any atom is -0.466 e. The lowest BCUT2D eigenvalue weighted by Gasteiger charge is -2.09. The van der Waals surface area contributed by atoms with Crippen LogP contribution in [0, 0.1) is 0 Å². The lowest BCUT2D eigenvalue weighted by molar-refractivity contribution is -0.142. The average Bonchev–Trinajstić information content (AvgIpc) is 2.45. The molecule has 1 aromatic rings. The van der Waals surface area contributed by atoms with Gasteiger partial charge in [0, 0.05) is 13.3 Å². The highest BCUT2D eigenvalue weighted by Crippen LogP contribution is 2.19. The molecule has 1 aromatic carbocycles. The molecule has 20 heavy (non-hydrogen) atoms. The number of benzene rings is 1. The Bertz CT molecular complexity index is 517. The SMILES string of the molecule is C=Cc1ccccc1C(=C)C(=O)OCCCOC(C)=O. The minimum absolute atomic E-state index is 0.182. The van der Waals surface area contributed by atoms with Crippen molar-refractivity contribution >= 4 is 23.6 Å². The fourth-order valence-electron chi connectivity index (χ4n) is 1.59. The predicted octanol–water partition coefficient (Wildman–Crippen LogP) is 2.84. The van der Waals surface area contributed by atoms with E-state index in [1.807, 2.05) is 18.2 Å². The molecule has 106 valence electrons. The zero-order valence-electron chi connectivity index (χ0n) is 11.6. The first-order valence-electron chi connectivity index (χ1n) is 6.27. The van der Waals surface area contributed by atoms with Crippen molar-refractivity contribution in [3.63, 3.8) is 0 Å². The minimum atomic E-state index is -0.484. The van der Waals surface area contributed by atoms with Crippen molar-refractivity contribution in [2.24, 2.45) is 0 Å². The number of hydrogen-bond donors (Lipinski definition) is 0. The summed E-state index contributed by atoms with van der Waals surface area (Å²) in [4.78, 5) is 22.4. The van der Waals surface area contributed by atoms with E-state index in [-0.39, 0.29) is 24.8 Å². The van der Waals surface area contributed by atoms with Crippen LogP contribution in [0.1, 0.15) is 24.5 Å². The number of hydrogen-bond acceptors (Lipinski definition) is 4. The Morgan fingerprint density at radius 3 is 2.50 bits per heavy atom. The van der Waals surface area contributed by atoms with E-state index in [0.717, 1.165) is 5.56 Å². The van der Waals surface area contributed by atoms with Crippen molar-refractivity contribution < 1.29 is 19.1 Å². The van der Waals surface area contributed by atoms with Crippen molar-refractivity contribution in [1.29, 1.82) is 0 Å². The fourth-order valence-corrected chi connectivity index (χ4v) is 1.59. The van der Waals surface area contributed by atoms with Gasteiger partial charge < -0.3 is 9.47 Å². The maximum atomic E-state index is 11.8. The van der Waals surface area contributed by atoms with E-state index in [2.05, 4.69) is 13.2 Å². The molecule has 4 heteroatoms. The second-order valence-corrected chi connectivity index (χ2v) is 4.10. The van der Waals surface area contributed by atoms with E-state index in [1.54, 1.807) is 12.1 Å². The van der Waals surface area contributed by atoms with Crippen LogP contribution in [0.2, 0.25) is 0 Å². The Hall–Kier alpha value is -2.36. The van der Waals surface area contributed by atoms with Gasteiger partial charge in [-0.2, -0.15) is 0 Å². The standard InChI is InChI=1S/C16H18O4/c1-4-14-8-5-6-9-15(14)12(2)16(18)20-11-7-10-19-13(3)17/h4-6,8-9H,1-2,7,10-11H2,3H3. The molecular weight excluding hydrogens is 256 g/mol. The fraction of sp³-hybridized carbons (Fsp3) is 0.250. The number of carbonyl (C=O) groups excluding carboxylic acids is 2. The number of ether oxygens (including phenoxy) is 2. The summed E-state index contributed by atoms with van der Waals surface area (Å²) >= 11 is 0. The van der Waals surface area contributed by atoms with Gasteiger partial charge in [-0.15, -0.1) is 0 Å². The van der Waals surface area contributed by atoms with Gasteiger partial charge in [-0.1, -0.05) is 43.5 Å². The van der Waals surface area contributed by atoms with Crippen LogP contribution in [-0.2, 0) is 19.1 Å². The molecule has 1 rings (SSSR count). The predicted molar refractivity (Wildman–Crippen MR) is 77.8 cm³/mol. The Kier molecular flexibility index (Phi) is 6.23. The molecule has 0 N–H and O–H groups in total. The summed E-state index contributed by atoms with van der Waals surface area (Å²) in [5.41, 5.74) is 1.81. The second kappa shape index (κ2) is 7.94. The van der Waals surface area contributed by atoms with Crippen molar-refractivity contribution in [3.8, 4) is 0 Å². The molecule has 0 saturated carbocycles. The third-order valence-electron chi connectivity index (χ3n) is 2.58. The van der Waals surface area contributed by atoms with Crippen molar-refractivity contribution in [2.45, 2.75) is 13.3 Å². The van der Waals surface area contributed by atoms with Gasteiger partial charge in [0.05, 0.1) is 18.8 Å². The molecule has 0 atom stereocenters. The van der Waals surface area contributed by atoms with Crippen LogP contribution in [0.15, 0.2) is 37.4 Å². The summed E-state index contributed by atoms with van der Waals surface area (Å²) in [6, 6.07) is 7.32. The zero-order valence-corrected chi connectivity index (χ0v) is 11.6. The summed E-state index contributed by atoms with van der Waals surface area (Å²) in [6.45, 7) is 9.20. The molecule has 0 unspecified atom stereocenters. The largest absolute Gasteiger partial charge is 0.466 e. The summed E-state index contributed by atoms with van der Waals surface area (Å²) in [5, 5.41) is 0. The quantitative estimate of drug-likeness (QED) is 0.436. The van der Waals surface area contributed by atoms with Crippen molar-refractivity contribution in [1.82, 2.24) is 0 Å². The van der Waals surface area contributed by atoms with E-state index < -0.39 is 5.97 Å². The van der Waals surface area contributed by atoms with E-state index in [9.17, 15) is 9.59 Å². The lowest BCUT2D eigenvalue weighted by Crippen LogP contribution is -2.10. The lowest BCUT2D eigenvalue weighted by atomic mass is 10.0. The number of rotatable bonds is 7. The summed E-state index contributed by atoms with van der Waals surface area (Å²) in [7, 11) is 0. The highest BCUT2D eigenvalue weighted by Gasteiger charge is 2.13. The van der Waals surface area contributed by atoms with Gasteiger partial charge in [0.1, 0.15) is 0 Å². The van der Waals surface area contributed by atoms with Crippen LogP contribution < -0.4 is 0 Å². The summed E-state index contributed by atoms with van der Waals surface area (Å²) in [5.74, 6) is -0.831. The Morgan fingerprint density at radius 1 is 1.20 bits per heavy atom. The topological polar surface area (TPSA) is 52.6 Å². The van der Waals surface area contributed by atoms with E-state index in [0.29, 0.717) is 12.0 Å². The molecule has 0 aliphatic heterocycles. The van der Waals surface area contributed by atoms with Gasteiger partial charge in [0.15, 0.2) is 0 Å². The molecule has 0 aliphatic carbocycles. The van der Waals surface area contributed by atoms with Crippen LogP contribution in [0.25, 0.3) is 11.6 Å². The van der Waals surface area contributed by atoms with Gasteiger partial charge >= 0.3 is 11.9 Å². The van der Waals surface area contributed by atoms with E-state index in [4.69, 9.17) is 9.47 Å². The highest BCUT2D eigenvalue weighted by atomic mass is 16.5. The van der Waals surface area contributed by atoms with E-state index in [1.165, 1.54) is 6.92 Å². The highest BCUT2D eigenvalue weighted by molar-refractivity contribution is 6.16. The normalized spacial score (nSPS) is 9.65. The Labute approximate surface area is 118 Å². The summed E-state index contributed by atoms with van der Waals surface area (Å²) in [6.07, 6.45) is 2.12. The first-order chi connectivity index (χ1) is 9.56. The zero-order chi connectivity index (χ0) is 15.0. The molecule has 0 fully saturated rings. The maximum Gasteiger partial charge on any atom is 0.338 e. The van der Waals surface area contributed by atoms with E-state index >= 15 is 0 Å². The molecule has 0 radical (unpaired) electrons. The first-order valence-corrected chi connectivity index (χ1v) is 6.27. The summed E-state index contributed by atoms with van der Waals surface area (Å²) < 4.78 is 9.81. The van der Waals surface area contributed by atoms with Gasteiger partial charge in [-0.25, -0.2) is 4.79 Å². The van der Waals surface area contributed by atoms with Gasteiger partial charge in [0.25, 0.3) is 0 Å². The molecule has 0 amide bonds. The van der Waals surface area contributed by atoms with Gasteiger partial charge in [-0.05, 0) is 11.1 Å². The second-order valence-electron chi connectivity index (χ2n) is 4.10. The molecule has 0 bridgehead atoms. The van der Waals surface area contributed by atoms with Crippen molar-refractivity contribution in [3.05, 3.63) is 48.6 Å². The molecule has 4 nitrogen and oxygen atoms in total. The first kappa shape index (κ1) is 15.7. The van der Waals surface area contributed by atoms with Crippen LogP contribution in [-0.4, -0.2) is 25.2 Å². The maximum absolute atomic E-state index is 11.8. The Balaban J connectivity index is 2.49. The van der Waals surface area contributed by atoms with Crippen LogP contribution >= 0.6 is 0 Å². The molecule has 0 heterocycles. The average molecular weight is 274 g/mol. The number of carbonyl (C=O) groups is 2.